The van der Waals surface area contributed by atoms with Gasteiger partial charge < -0.3 is 11.1 Å². The number of benzene rings is 2. The van der Waals surface area contributed by atoms with Gasteiger partial charge in [-0.25, -0.2) is 4.39 Å². The molecule has 0 aliphatic rings. The van der Waals surface area contributed by atoms with Crippen molar-refractivity contribution < 1.29 is 4.39 Å². The minimum atomic E-state index is -0.523. The largest absolute Gasteiger partial charge is 0.397 e. The molecule has 0 amide bonds. The summed E-state index contributed by atoms with van der Waals surface area (Å²) in [5.41, 5.74) is 8.59. The maximum atomic E-state index is 13.2. The molecule has 18 heavy (non-hydrogen) atoms. The van der Waals surface area contributed by atoms with Crippen molar-refractivity contribution in [1.82, 2.24) is 0 Å². The van der Waals surface area contributed by atoms with Crippen LogP contribution in [0.4, 0.5) is 21.5 Å². The van der Waals surface area contributed by atoms with E-state index in [2.05, 4.69) is 21.2 Å². The topological polar surface area (TPSA) is 38.0 Å². The summed E-state index contributed by atoms with van der Waals surface area (Å²) in [5, 5.41) is 3.16. The van der Waals surface area contributed by atoms with Crippen LogP contribution in [0.25, 0.3) is 0 Å². The Hall–Kier alpha value is -1.26. The molecule has 2 rings (SSSR count). The third kappa shape index (κ3) is 2.94. The highest BCUT2D eigenvalue weighted by Gasteiger charge is 2.07. The minimum absolute atomic E-state index is 0.0402. The van der Waals surface area contributed by atoms with Gasteiger partial charge in [-0.1, -0.05) is 27.5 Å². The van der Waals surface area contributed by atoms with E-state index in [1.165, 1.54) is 12.1 Å². The third-order valence-corrected chi connectivity index (χ3v) is 3.16. The zero-order chi connectivity index (χ0) is 13.3. The molecule has 2 nitrogen and oxygen atoms in total. The van der Waals surface area contributed by atoms with Crippen molar-refractivity contribution in [1.29, 1.82) is 0 Å². The number of rotatable bonds is 2. The van der Waals surface area contributed by atoms with Crippen LogP contribution in [0.1, 0.15) is 5.56 Å². The number of nitrogens with one attached hydrogen (secondary N) is 1. The van der Waals surface area contributed by atoms with Gasteiger partial charge in [-0.15, -0.1) is 0 Å². The van der Waals surface area contributed by atoms with E-state index in [1.807, 2.05) is 25.1 Å². The fraction of sp³-hybridized carbons (Fsp3) is 0.0769. The Bertz CT molecular complexity index is 582. The van der Waals surface area contributed by atoms with Crippen LogP contribution in [0.15, 0.2) is 34.8 Å². The van der Waals surface area contributed by atoms with Crippen molar-refractivity contribution >= 4 is 44.6 Å². The lowest BCUT2D eigenvalue weighted by atomic mass is 10.2. The summed E-state index contributed by atoms with van der Waals surface area (Å²) in [7, 11) is 0. The fourth-order valence-corrected chi connectivity index (χ4v) is 2.41. The second kappa shape index (κ2) is 5.16. The minimum Gasteiger partial charge on any atom is -0.397 e. The molecule has 0 bridgehead atoms. The molecule has 0 atom stereocenters. The second-order valence-corrected chi connectivity index (χ2v) is 5.32. The summed E-state index contributed by atoms with van der Waals surface area (Å²) in [4.78, 5) is 0. The molecule has 2 aromatic carbocycles. The van der Waals surface area contributed by atoms with Crippen LogP contribution >= 0.6 is 27.5 Å². The Morgan fingerprint density at radius 1 is 1.22 bits per heavy atom. The molecule has 0 fully saturated rings. The van der Waals surface area contributed by atoms with Gasteiger partial charge in [0, 0.05) is 16.2 Å². The molecule has 0 saturated carbocycles. The SMILES string of the molecule is Cc1cc(Br)cc(Nc2cc(Cl)c(F)cc2N)c1. The van der Waals surface area contributed by atoms with Gasteiger partial charge in [0.1, 0.15) is 5.82 Å². The Morgan fingerprint density at radius 3 is 2.61 bits per heavy atom. The predicted octanol–water partition coefficient (Wildman–Crippen LogP) is 4.88. The first kappa shape index (κ1) is 13.2. The Morgan fingerprint density at radius 2 is 1.94 bits per heavy atom. The maximum Gasteiger partial charge on any atom is 0.143 e. The summed E-state index contributed by atoms with van der Waals surface area (Å²) in [6, 6.07) is 8.54. The summed E-state index contributed by atoms with van der Waals surface area (Å²) >= 11 is 9.15. The number of anilines is 3. The predicted molar refractivity (Wildman–Crippen MR) is 78.0 cm³/mol. The van der Waals surface area contributed by atoms with Gasteiger partial charge in [-0.05, 0) is 36.8 Å². The summed E-state index contributed by atoms with van der Waals surface area (Å²) in [6.07, 6.45) is 0. The second-order valence-electron chi connectivity index (χ2n) is 4.00. The van der Waals surface area contributed by atoms with Gasteiger partial charge in [0.15, 0.2) is 0 Å². The number of aryl methyl sites for hydroxylation is 1. The van der Waals surface area contributed by atoms with Gasteiger partial charge >= 0.3 is 0 Å². The first-order valence-electron chi connectivity index (χ1n) is 5.24. The quantitative estimate of drug-likeness (QED) is 0.771. The Labute approximate surface area is 118 Å². The van der Waals surface area contributed by atoms with E-state index in [0.717, 1.165) is 15.7 Å². The smallest absolute Gasteiger partial charge is 0.143 e. The van der Waals surface area contributed by atoms with Crippen LogP contribution in [0.3, 0.4) is 0 Å². The van der Waals surface area contributed by atoms with Crippen molar-refractivity contribution in [3.05, 3.63) is 51.2 Å². The van der Waals surface area contributed by atoms with Gasteiger partial charge in [-0.3, -0.25) is 0 Å². The van der Waals surface area contributed by atoms with Crippen LogP contribution < -0.4 is 11.1 Å². The molecule has 94 valence electrons. The molecule has 0 heterocycles. The molecule has 0 unspecified atom stereocenters. The highest BCUT2D eigenvalue weighted by atomic mass is 79.9. The highest BCUT2D eigenvalue weighted by Crippen LogP contribution is 2.30. The van der Waals surface area contributed by atoms with E-state index in [0.29, 0.717) is 11.4 Å². The van der Waals surface area contributed by atoms with Crippen LogP contribution in [-0.4, -0.2) is 0 Å². The molecule has 2 aromatic rings. The number of hydrogen-bond donors (Lipinski definition) is 2. The summed E-state index contributed by atoms with van der Waals surface area (Å²) in [6.45, 7) is 1.98. The van der Waals surface area contributed by atoms with Crippen molar-refractivity contribution in [3.63, 3.8) is 0 Å². The average molecular weight is 330 g/mol. The molecular weight excluding hydrogens is 319 g/mol. The van der Waals surface area contributed by atoms with Crippen molar-refractivity contribution in [2.24, 2.45) is 0 Å². The van der Waals surface area contributed by atoms with Gasteiger partial charge in [-0.2, -0.15) is 0 Å². The van der Waals surface area contributed by atoms with E-state index < -0.39 is 5.82 Å². The summed E-state index contributed by atoms with van der Waals surface area (Å²) in [5.74, 6) is -0.523. The number of halogens is 3. The average Bonchev–Trinajstić information content (AvgIpc) is 2.24. The molecule has 0 saturated heterocycles. The van der Waals surface area contributed by atoms with E-state index in [1.54, 1.807) is 0 Å². The first-order chi connectivity index (χ1) is 8.45. The van der Waals surface area contributed by atoms with E-state index >= 15 is 0 Å². The zero-order valence-electron chi connectivity index (χ0n) is 9.60. The van der Waals surface area contributed by atoms with Crippen LogP contribution in [0.5, 0.6) is 0 Å². The lowest BCUT2D eigenvalue weighted by Crippen LogP contribution is -1.98. The van der Waals surface area contributed by atoms with Crippen molar-refractivity contribution in [2.45, 2.75) is 6.92 Å². The Balaban J connectivity index is 2.36. The summed E-state index contributed by atoms with van der Waals surface area (Å²) < 4.78 is 14.1. The van der Waals surface area contributed by atoms with Crippen LogP contribution in [-0.2, 0) is 0 Å². The maximum absolute atomic E-state index is 13.2. The molecule has 5 heteroatoms. The van der Waals surface area contributed by atoms with Gasteiger partial charge in [0.2, 0.25) is 0 Å². The standard InChI is InChI=1S/C13H11BrClFN2/c1-7-2-8(14)4-9(3-7)18-13-5-10(15)11(16)6-12(13)17/h2-6,18H,17H2,1H3. The molecular formula is C13H11BrClFN2. The van der Waals surface area contributed by atoms with Gasteiger partial charge in [0.25, 0.3) is 0 Å². The monoisotopic (exact) mass is 328 g/mol. The third-order valence-electron chi connectivity index (χ3n) is 2.41. The zero-order valence-corrected chi connectivity index (χ0v) is 11.9. The molecule has 0 radical (unpaired) electrons. The van der Waals surface area contributed by atoms with E-state index in [9.17, 15) is 4.39 Å². The van der Waals surface area contributed by atoms with E-state index in [-0.39, 0.29) is 5.02 Å². The van der Waals surface area contributed by atoms with Crippen molar-refractivity contribution in [3.8, 4) is 0 Å². The first-order valence-corrected chi connectivity index (χ1v) is 6.41. The lowest BCUT2D eigenvalue weighted by Gasteiger charge is -2.11. The van der Waals surface area contributed by atoms with Gasteiger partial charge in [0.05, 0.1) is 16.4 Å². The van der Waals surface area contributed by atoms with Crippen LogP contribution in [0.2, 0.25) is 5.02 Å². The molecule has 0 aliphatic heterocycles. The number of nitrogens with two attached hydrogens (primary N) is 1. The number of nitrogen functional groups attached to an aromatic ring is 1. The van der Waals surface area contributed by atoms with Crippen molar-refractivity contribution in [2.75, 3.05) is 11.1 Å². The lowest BCUT2D eigenvalue weighted by molar-refractivity contribution is 0.629. The molecule has 0 aromatic heterocycles. The van der Waals surface area contributed by atoms with E-state index in [4.69, 9.17) is 17.3 Å². The number of hydrogen-bond acceptors (Lipinski definition) is 2. The highest BCUT2D eigenvalue weighted by molar-refractivity contribution is 9.10. The normalized spacial score (nSPS) is 10.4. The fourth-order valence-electron chi connectivity index (χ4n) is 1.63. The Kier molecular flexibility index (Phi) is 3.78. The molecule has 0 spiro atoms. The molecule has 3 N–H and O–H groups in total. The van der Waals surface area contributed by atoms with Crippen LogP contribution in [0, 0.1) is 12.7 Å². The molecule has 0 aliphatic carbocycles.